The fourth-order valence-corrected chi connectivity index (χ4v) is 3.91. The van der Waals surface area contributed by atoms with E-state index in [-0.39, 0.29) is 35.1 Å². The number of rotatable bonds is 6. The van der Waals surface area contributed by atoms with Gasteiger partial charge < -0.3 is 26.4 Å². The maximum atomic E-state index is 13.1. The molecule has 3 aromatic rings. The summed E-state index contributed by atoms with van der Waals surface area (Å²) in [5.74, 6) is -1.39. The number of piperidine rings is 1. The van der Waals surface area contributed by atoms with Crippen LogP contribution in [0.4, 0.5) is 30.5 Å². The van der Waals surface area contributed by atoms with Crippen LogP contribution in [0.25, 0.3) is 11.4 Å². The van der Waals surface area contributed by atoms with Crippen LogP contribution in [0.3, 0.4) is 0 Å². The van der Waals surface area contributed by atoms with Crippen LogP contribution >= 0.6 is 0 Å². The predicted molar refractivity (Wildman–Crippen MR) is 127 cm³/mol. The Morgan fingerprint density at radius 2 is 1.89 bits per heavy atom. The molecule has 0 aliphatic carbocycles. The Morgan fingerprint density at radius 3 is 2.59 bits per heavy atom. The Balaban J connectivity index is 1.58. The van der Waals surface area contributed by atoms with Crippen LogP contribution in [0.1, 0.15) is 29.8 Å². The van der Waals surface area contributed by atoms with Crippen molar-refractivity contribution in [1.82, 2.24) is 19.9 Å². The van der Waals surface area contributed by atoms with Crippen LogP contribution in [0, 0.1) is 11.3 Å². The predicted octanol–water partition coefficient (Wildman–Crippen LogP) is 2.88. The fourth-order valence-electron chi connectivity index (χ4n) is 3.91. The highest BCUT2D eigenvalue weighted by Gasteiger charge is 2.33. The summed E-state index contributed by atoms with van der Waals surface area (Å²) in [6.07, 6.45) is 0.288. The maximum absolute atomic E-state index is 13.1. The zero-order valence-electron chi connectivity index (χ0n) is 19.4. The molecule has 0 unspecified atom stereocenters. The molecule has 0 bridgehead atoms. The Kier molecular flexibility index (Phi) is 7.07. The Hall–Kier alpha value is -4.51. The summed E-state index contributed by atoms with van der Waals surface area (Å²) in [4.78, 5) is 31.3. The topological polar surface area (TPSA) is 169 Å². The van der Waals surface area contributed by atoms with E-state index in [1.807, 2.05) is 4.90 Å². The van der Waals surface area contributed by atoms with E-state index >= 15 is 0 Å². The molecule has 4 heterocycles. The zero-order valence-corrected chi connectivity index (χ0v) is 19.4. The summed E-state index contributed by atoms with van der Waals surface area (Å²) in [5, 5.41) is 11.7. The van der Waals surface area contributed by atoms with Crippen molar-refractivity contribution in [2.75, 3.05) is 29.0 Å². The van der Waals surface area contributed by atoms with Gasteiger partial charge in [0.1, 0.15) is 11.4 Å². The largest absolute Gasteiger partial charge is 0.573 e. The molecular weight excluding hydrogens is 491 g/mol. The van der Waals surface area contributed by atoms with Crippen molar-refractivity contribution in [3.8, 4) is 23.2 Å². The number of pyridine rings is 2. The third-order valence-electron chi connectivity index (χ3n) is 5.80. The molecule has 0 saturated carbocycles. The van der Waals surface area contributed by atoms with E-state index in [1.54, 1.807) is 12.1 Å². The number of carbonyl (C=O) groups excluding carboxylic acids is 1. The van der Waals surface area contributed by atoms with Crippen molar-refractivity contribution in [3.63, 3.8) is 0 Å². The number of nitrogens with two attached hydrogens (primary N) is 2. The fraction of sp³-hybridized carbons (Fsp3) is 0.304. The summed E-state index contributed by atoms with van der Waals surface area (Å²) in [5.41, 5.74) is 11.5. The van der Waals surface area contributed by atoms with Gasteiger partial charge in [0.05, 0.1) is 24.4 Å². The number of nitriles is 1. The molecule has 3 aromatic heterocycles. The van der Waals surface area contributed by atoms with Gasteiger partial charge in [0.25, 0.3) is 5.91 Å². The monoisotopic (exact) mass is 513 g/mol. The SMILES string of the molecule is N#CCC1(N)CCN(c2cccnc2NC(=O)c2nc(-c3ncccc3OC(F)(F)F)cnc2N)CC1. The quantitative estimate of drug-likeness (QED) is 0.445. The molecule has 0 spiro atoms. The minimum Gasteiger partial charge on any atom is -0.403 e. The van der Waals surface area contributed by atoms with Crippen LogP contribution < -0.4 is 26.4 Å². The summed E-state index contributed by atoms with van der Waals surface area (Å²) >= 11 is 0. The second kappa shape index (κ2) is 10.2. The van der Waals surface area contributed by atoms with E-state index in [2.05, 4.69) is 36.1 Å². The van der Waals surface area contributed by atoms with Crippen LogP contribution in [0.2, 0.25) is 0 Å². The molecule has 0 radical (unpaired) electrons. The van der Waals surface area contributed by atoms with Gasteiger partial charge in [-0.05, 0) is 37.1 Å². The van der Waals surface area contributed by atoms with Gasteiger partial charge in [0.15, 0.2) is 23.1 Å². The van der Waals surface area contributed by atoms with E-state index in [1.165, 1.54) is 18.5 Å². The number of hydrogen-bond acceptors (Lipinski definition) is 10. The first-order valence-corrected chi connectivity index (χ1v) is 11.1. The molecule has 1 fully saturated rings. The average Bonchev–Trinajstić information content (AvgIpc) is 2.85. The lowest BCUT2D eigenvalue weighted by Crippen LogP contribution is -2.50. The standard InChI is InChI=1S/C23H22F3N9O2/c24-23(25,26)37-16-4-2-9-30-17(16)14-13-32-19(28)18(33-14)21(36)34-20-15(3-1-10-31-20)35-11-6-22(29,5-8-27)7-12-35/h1-4,9-10,13H,5-7,11-12,29H2,(H2,28,32)(H,31,34,36). The third-order valence-corrected chi connectivity index (χ3v) is 5.80. The number of hydrogen-bond donors (Lipinski definition) is 3. The number of nitrogens with zero attached hydrogens (tertiary/aromatic N) is 6. The molecule has 37 heavy (non-hydrogen) atoms. The molecule has 5 N–H and O–H groups in total. The first-order valence-electron chi connectivity index (χ1n) is 11.1. The van der Waals surface area contributed by atoms with Crippen LogP contribution in [0.5, 0.6) is 5.75 Å². The molecule has 1 saturated heterocycles. The number of amides is 1. The number of nitrogens with one attached hydrogen (secondary N) is 1. The van der Waals surface area contributed by atoms with Gasteiger partial charge in [0, 0.05) is 31.0 Å². The molecule has 1 amide bonds. The summed E-state index contributed by atoms with van der Waals surface area (Å²) in [7, 11) is 0. The Morgan fingerprint density at radius 1 is 1.19 bits per heavy atom. The van der Waals surface area contributed by atoms with E-state index in [0.29, 0.717) is 31.6 Å². The van der Waals surface area contributed by atoms with Crippen molar-refractivity contribution in [3.05, 3.63) is 48.5 Å². The van der Waals surface area contributed by atoms with Crippen LogP contribution in [-0.2, 0) is 0 Å². The third kappa shape index (κ3) is 6.01. The van der Waals surface area contributed by atoms with Crippen molar-refractivity contribution in [1.29, 1.82) is 5.26 Å². The highest BCUT2D eigenvalue weighted by Crippen LogP contribution is 2.33. The average molecular weight is 513 g/mol. The van der Waals surface area contributed by atoms with Crippen molar-refractivity contribution >= 4 is 23.2 Å². The second-order valence-electron chi connectivity index (χ2n) is 8.40. The molecule has 192 valence electrons. The summed E-state index contributed by atoms with van der Waals surface area (Å²) in [6.45, 7) is 1.09. The molecule has 11 nitrogen and oxygen atoms in total. The lowest BCUT2D eigenvalue weighted by Gasteiger charge is -2.39. The van der Waals surface area contributed by atoms with Crippen molar-refractivity contribution in [2.45, 2.75) is 31.2 Å². The molecule has 14 heteroatoms. The first-order chi connectivity index (χ1) is 17.6. The number of anilines is 3. The van der Waals surface area contributed by atoms with Gasteiger partial charge in [-0.15, -0.1) is 13.2 Å². The Labute approximate surface area is 209 Å². The van der Waals surface area contributed by atoms with Crippen molar-refractivity contribution < 1.29 is 22.7 Å². The molecule has 4 rings (SSSR count). The van der Waals surface area contributed by atoms with E-state index in [9.17, 15) is 18.0 Å². The zero-order chi connectivity index (χ0) is 26.6. The minimum absolute atomic E-state index is 0.145. The van der Waals surface area contributed by atoms with Gasteiger partial charge in [-0.2, -0.15) is 5.26 Å². The molecular formula is C23H22F3N9O2. The molecule has 0 atom stereocenters. The highest BCUT2D eigenvalue weighted by atomic mass is 19.4. The molecule has 1 aliphatic heterocycles. The summed E-state index contributed by atoms with van der Waals surface area (Å²) < 4.78 is 42.5. The highest BCUT2D eigenvalue weighted by molar-refractivity contribution is 6.06. The minimum atomic E-state index is -4.96. The molecule has 1 aliphatic rings. The van der Waals surface area contributed by atoms with Crippen LogP contribution in [0.15, 0.2) is 42.9 Å². The van der Waals surface area contributed by atoms with Gasteiger partial charge >= 0.3 is 6.36 Å². The number of aromatic nitrogens is 4. The van der Waals surface area contributed by atoms with E-state index in [0.717, 1.165) is 12.3 Å². The maximum Gasteiger partial charge on any atom is 0.573 e. The number of nitrogen functional groups attached to an aromatic ring is 1. The lowest BCUT2D eigenvalue weighted by molar-refractivity contribution is -0.274. The molecule has 0 aromatic carbocycles. The number of carbonyl (C=O) groups is 1. The number of ether oxygens (including phenoxy) is 1. The van der Waals surface area contributed by atoms with Gasteiger partial charge in [0.2, 0.25) is 0 Å². The Bertz CT molecular complexity index is 1340. The van der Waals surface area contributed by atoms with Gasteiger partial charge in [-0.1, -0.05) is 0 Å². The normalized spacial score (nSPS) is 15.1. The van der Waals surface area contributed by atoms with Gasteiger partial charge in [-0.3, -0.25) is 9.78 Å². The number of halogens is 3. The first kappa shape index (κ1) is 25.6. The summed E-state index contributed by atoms with van der Waals surface area (Å²) in [6, 6.07) is 7.94. The van der Waals surface area contributed by atoms with E-state index < -0.39 is 23.6 Å². The van der Waals surface area contributed by atoms with Crippen molar-refractivity contribution in [2.24, 2.45) is 5.73 Å². The number of alkyl halides is 3. The van der Waals surface area contributed by atoms with E-state index in [4.69, 9.17) is 16.7 Å². The smallest absolute Gasteiger partial charge is 0.403 e. The lowest BCUT2D eigenvalue weighted by atomic mass is 9.86. The van der Waals surface area contributed by atoms with Gasteiger partial charge in [-0.25, -0.2) is 15.0 Å². The second-order valence-corrected chi connectivity index (χ2v) is 8.40. The van der Waals surface area contributed by atoms with Crippen LogP contribution in [-0.4, -0.2) is 50.8 Å².